The van der Waals surface area contributed by atoms with Crippen molar-refractivity contribution in [3.05, 3.63) is 58.6 Å². The topological polar surface area (TPSA) is 90.3 Å². The highest BCUT2D eigenvalue weighted by Crippen LogP contribution is 2.23. The number of carbonyl (C=O) groups excluding carboxylic acids is 1. The molecular formula is C18H18ClN3O3S. The van der Waals surface area contributed by atoms with Crippen molar-refractivity contribution in [2.45, 2.75) is 13.3 Å². The molecule has 0 aromatic heterocycles. The number of rotatable bonds is 6. The first-order chi connectivity index (χ1) is 12.2. The van der Waals surface area contributed by atoms with Crippen LogP contribution in [0.2, 0.25) is 5.02 Å². The summed E-state index contributed by atoms with van der Waals surface area (Å²) in [5.41, 5.74) is 1.91. The van der Waals surface area contributed by atoms with Crippen LogP contribution >= 0.6 is 11.6 Å². The first-order valence-electron chi connectivity index (χ1n) is 7.75. The molecule has 0 fully saturated rings. The summed E-state index contributed by atoms with van der Waals surface area (Å²) < 4.78 is 25.3. The number of sulfonamides is 1. The molecule has 136 valence electrons. The number of hydrogen-bond acceptors (Lipinski definition) is 4. The Balaban J connectivity index is 2.15. The monoisotopic (exact) mass is 391 g/mol. The first-order valence-corrected chi connectivity index (χ1v) is 9.98. The van der Waals surface area contributed by atoms with Crippen LogP contribution in [-0.4, -0.2) is 27.1 Å². The molecule has 0 atom stereocenters. The van der Waals surface area contributed by atoms with Gasteiger partial charge < -0.3 is 5.32 Å². The van der Waals surface area contributed by atoms with E-state index in [-0.39, 0.29) is 30.1 Å². The highest BCUT2D eigenvalue weighted by molar-refractivity contribution is 7.92. The van der Waals surface area contributed by atoms with Crippen molar-refractivity contribution in [3.63, 3.8) is 0 Å². The van der Waals surface area contributed by atoms with Crippen molar-refractivity contribution in [3.8, 4) is 6.07 Å². The standard InChI is InChI=1S/C18H18ClN3O3S/c1-13-11-15(19)7-8-16(13)21-18(23)9-10-22(26(2,24)25)17-6-4-3-5-14(17)12-20/h3-8,11H,9-10H2,1-2H3,(H,21,23). The lowest BCUT2D eigenvalue weighted by Crippen LogP contribution is -2.33. The van der Waals surface area contributed by atoms with Gasteiger partial charge in [0.15, 0.2) is 0 Å². The molecule has 2 aromatic rings. The predicted octanol–water partition coefficient (Wildman–Crippen LogP) is 3.31. The highest BCUT2D eigenvalue weighted by Gasteiger charge is 2.21. The molecule has 0 heterocycles. The van der Waals surface area contributed by atoms with Gasteiger partial charge in [0.2, 0.25) is 15.9 Å². The van der Waals surface area contributed by atoms with E-state index in [9.17, 15) is 18.5 Å². The van der Waals surface area contributed by atoms with Crippen molar-refractivity contribution in [2.75, 3.05) is 22.4 Å². The Bertz CT molecular complexity index is 968. The fourth-order valence-electron chi connectivity index (χ4n) is 2.43. The van der Waals surface area contributed by atoms with Gasteiger partial charge in [0, 0.05) is 23.7 Å². The van der Waals surface area contributed by atoms with Crippen LogP contribution in [0, 0.1) is 18.3 Å². The minimum absolute atomic E-state index is 0.0606. The zero-order chi connectivity index (χ0) is 19.3. The van der Waals surface area contributed by atoms with Gasteiger partial charge in [-0.3, -0.25) is 9.10 Å². The molecule has 0 aliphatic heterocycles. The Morgan fingerprint density at radius 2 is 1.96 bits per heavy atom. The van der Waals surface area contributed by atoms with Crippen molar-refractivity contribution >= 4 is 38.9 Å². The minimum atomic E-state index is -3.65. The quantitative estimate of drug-likeness (QED) is 0.817. The number of benzene rings is 2. The average Bonchev–Trinajstić information content (AvgIpc) is 2.57. The van der Waals surface area contributed by atoms with Gasteiger partial charge in [-0.15, -0.1) is 0 Å². The van der Waals surface area contributed by atoms with Crippen LogP contribution in [0.3, 0.4) is 0 Å². The number of para-hydroxylation sites is 1. The Labute approximate surface area is 158 Å². The number of nitrogens with zero attached hydrogens (tertiary/aromatic N) is 2. The van der Waals surface area contributed by atoms with E-state index in [1.54, 1.807) is 36.4 Å². The molecule has 2 aromatic carbocycles. The second-order valence-corrected chi connectivity index (χ2v) is 8.06. The maximum atomic E-state index is 12.2. The van der Waals surface area contributed by atoms with E-state index in [4.69, 9.17) is 11.6 Å². The lowest BCUT2D eigenvalue weighted by atomic mass is 10.2. The molecule has 2 rings (SSSR count). The van der Waals surface area contributed by atoms with Gasteiger partial charge in [0.25, 0.3) is 0 Å². The fourth-order valence-corrected chi connectivity index (χ4v) is 3.60. The number of hydrogen-bond donors (Lipinski definition) is 1. The van der Waals surface area contributed by atoms with E-state index < -0.39 is 10.0 Å². The lowest BCUT2D eigenvalue weighted by molar-refractivity contribution is -0.116. The molecule has 0 aliphatic rings. The summed E-state index contributed by atoms with van der Waals surface area (Å²) in [7, 11) is -3.65. The van der Waals surface area contributed by atoms with Crippen LogP contribution in [0.4, 0.5) is 11.4 Å². The molecule has 0 radical (unpaired) electrons. The molecular weight excluding hydrogens is 374 g/mol. The summed E-state index contributed by atoms with van der Waals surface area (Å²) in [4.78, 5) is 12.2. The van der Waals surface area contributed by atoms with Crippen LogP contribution in [-0.2, 0) is 14.8 Å². The molecule has 0 bridgehead atoms. The van der Waals surface area contributed by atoms with E-state index in [2.05, 4.69) is 5.32 Å². The van der Waals surface area contributed by atoms with E-state index in [1.165, 1.54) is 6.07 Å². The molecule has 6 nitrogen and oxygen atoms in total. The molecule has 0 aliphatic carbocycles. The molecule has 0 saturated carbocycles. The zero-order valence-corrected chi connectivity index (χ0v) is 15.9. The molecule has 1 amide bonds. The van der Waals surface area contributed by atoms with Crippen molar-refractivity contribution in [1.82, 2.24) is 0 Å². The summed E-state index contributed by atoms with van der Waals surface area (Å²) in [6.07, 6.45) is 0.983. The zero-order valence-electron chi connectivity index (χ0n) is 14.4. The number of halogens is 1. The Morgan fingerprint density at radius 1 is 1.27 bits per heavy atom. The fraction of sp³-hybridized carbons (Fsp3) is 0.222. The number of amides is 1. The first kappa shape index (κ1) is 19.8. The summed E-state index contributed by atoms with van der Waals surface area (Å²) in [5, 5.41) is 12.5. The lowest BCUT2D eigenvalue weighted by Gasteiger charge is -2.23. The van der Waals surface area contributed by atoms with Gasteiger partial charge in [0.1, 0.15) is 6.07 Å². The maximum Gasteiger partial charge on any atom is 0.232 e. The predicted molar refractivity (Wildman–Crippen MR) is 103 cm³/mol. The third-order valence-corrected chi connectivity index (χ3v) is 5.11. The third kappa shape index (κ3) is 4.97. The van der Waals surface area contributed by atoms with Gasteiger partial charge in [-0.25, -0.2) is 8.42 Å². The van der Waals surface area contributed by atoms with Gasteiger partial charge >= 0.3 is 0 Å². The summed E-state index contributed by atoms with van der Waals surface area (Å²) in [5.74, 6) is -0.335. The highest BCUT2D eigenvalue weighted by atomic mass is 35.5. The van der Waals surface area contributed by atoms with Crippen molar-refractivity contribution in [1.29, 1.82) is 5.26 Å². The second kappa shape index (κ2) is 8.21. The van der Waals surface area contributed by atoms with Crippen LogP contribution in [0.5, 0.6) is 0 Å². The summed E-state index contributed by atoms with van der Waals surface area (Å²) in [6, 6.07) is 13.4. The molecule has 1 N–H and O–H groups in total. The Morgan fingerprint density at radius 3 is 2.58 bits per heavy atom. The van der Waals surface area contributed by atoms with E-state index >= 15 is 0 Å². The van der Waals surface area contributed by atoms with E-state index in [0.717, 1.165) is 16.1 Å². The van der Waals surface area contributed by atoms with Gasteiger partial charge in [0.05, 0.1) is 17.5 Å². The van der Waals surface area contributed by atoms with Gasteiger partial charge in [-0.05, 0) is 42.8 Å². The second-order valence-electron chi connectivity index (χ2n) is 5.72. The number of carbonyl (C=O) groups is 1. The summed E-state index contributed by atoms with van der Waals surface area (Å²) in [6.45, 7) is 1.74. The van der Waals surface area contributed by atoms with E-state index in [0.29, 0.717) is 10.7 Å². The van der Waals surface area contributed by atoms with Crippen LogP contribution in [0.1, 0.15) is 17.5 Å². The number of nitrogens with one attached hydrogen (secondary N) is 1. The Kier molecular flexibility index (Phi) is 6.24. The number of nitriles is 1. The maximum absolute atomic E-state index is 12.2. The Hall–Kier alpha value is -2.56. The molecule has 0 spiro atoms. The van der Waals surface area contributed by atoms with Gasteiger partial charge in [-0.2, -0.15) is 5.26 Å². The largest absolute Gasteiger partial charge is 0.326 e. The molecule has 0 saturated heterocycles. The number of aryl methyl sites for hydroxylation is 1. The van der Waals surface area contributed by atoms with Crippen LogP contribution in [0.25, 0.3) is 0 Å². The molecule has 26 heavy (non-hydrogen) atoms. The van der Waals surface area contributed by atoms with Crippen molar-refractivity contribution < 1.29 is 13.2 Å². The normalized spacial score (nSPS) is 10.8. The average molecular weight is 392 g/mol. The minimum Gasteiger partial charge on any atom is -0.326 e. The van der Waals surface area contributed by atoms with Crippen LogP contribution < -0.4 is 9.62 Å². The molecule has 0 unspecified atom stereocenters. The van der Waals surface area contributed by atoms with Crippen LogP contribution in [0.15, 0.2) is 42.5 Å². The SMILES string of the molecule is Cc1cc(Cl)ccc1NC(=O)CCN(c1ccccc1C#N)S(C)(=O)=O. The molecule has 8 heteroatoms. The summed E-state index contributed by atoms with van der Waals surface area (Å²) >= 11 is 5.89. The smallest absolute Gasteiger partial charge is 0.232 e. The van der Waals surface area contributed by atoms with Gasteiger partial charge in [-0.1, -0.05) is 23.7 Å². The van der Waals surface area contributed by atoms with E-state index in [1.807, 2.05) is 13.0 Å². The number of anilines is 2. The third-order valence-electron chi connectivity index (χ3n) is 3.70. The van der Waals surface area contributed by atoms with Crippen molar-refractivity contribution in [2.24, 2.45) is 0 Å².